The van der Waals surface area contributed by atoms with Gasteiger partial charge in [0.1, 0.15) is 0 Å². The molecule has 3 rings (SSSR count). The number of ether oxygens (including phenoxy) is 1. The van der Waals surface area contributed by atoms with Crippen LogP contribution in [-0.2, 0) is 20.7 Å². The summed E-state index contributed by atoms with van der Waals surface area (Å²) >= 11 is 0. The van der Waals surface area contributed by atoms with Crippen molar-refractivity contribution in [3.63, 3.8) is 0 Å². The van der Waals surface area contributed by atoms with Crippen LogP contribution in [0.25, 0.3) is 0 Å². The Kier molecular flexibility index (Phi) is 3.92. The van der Waals surface area contributed by atoms with E-state index < -0.39 is 12.0 Å². The molecule has 1 fully saturated rings. The molecule has 0 aromatic heterocycles. The predicted molar refractivity (Wildman–Crippen MR) is 75.8 cm³/mol. The van der Waals surface area contributed by atoms with Crippen LogP contribution in [0.2, 0.25) is 0 Å². The van der Waals surface area contributed by atoms with Gasteiger partial charge in [-0.25, -0.2) is 4.79 Å². The number of nitrogens with zero attached hydrogens (tertiary/aromatic N) is 1. The van der Waals surface area contributed by atoms with Crippen LogP contribution >= 0.6 is 0 Å². The van der Waals surface area contributed by atoms with Crippen molar-refractivity contribution in [1.82, 2.24) is 4.90 Å². The molecule has 2 heterocycles. The summed E-state index contributed by atoms with van der Waals surface area (Å²) in [6, 6.07) is 6.48. The second kappa shape index (κ2) is 5.85. The van der Waals surface area contributed by atoms with Gasteiger partial charge in [-0.2, -0.15) is 0 Å². The predicted octanol–water partition coefficient (Wildman–Crippen LogP) is 1.62. The minimum absolute atomic E-state index is 0.0902. The third kappa shape index (κ3) is 2.78. The lowest BCUT2D eigenvalue weighted by Crippen LogP contribution is -2.46. The minimum Gasteiger partial charge on any atom is -0.479 e. The lowest BCUT2D eigenvalue weighted by Gasteiger charge is -2.37. The number of carboxylic acid groups (broad SMARTS) is 1. The number of hydrogen-bond donors (Lipinski definition) is 1. The van der Waals surface area contributed by atoms with Gasteiger partial charge in [-0.1, -0.05) is 24.3 Å². The van der Waals surface area contributed by atoms with Crippen molar-refractivity contribution in [3.05, 3.63) is 35.4 Å². The van der Waals surface area contributed by atoms with E-state index in [0.29, 0.717) is 32.1 Å². The normalized spacial score (nSPS) is 23.0. The molecule has 1 atom stereocenters. The Morgan fingerprint density at radius 2 is 2.00 bits per heavy atom. The summed E-state index contributed by atoms with van der Waals surface area (Å²) in [6.45, 7) is 1.90. The fourth-order valence-corrected chi connectivity index (χ4v) is 3.22. The van der Waals surface area contributed by atoms with Gasteiger partial charge in [0.2, 0.25) is 5.91 Å². The van der Waals surface area contributed by atoms with Gasteiger partial charge in [-0.05, 0) is 29.9 Å². The molecule has 1 unspecified atom stereocenters. The molecule has 1 N–H and O–H groups in total. The van der Waals surface area contributed by atoms with Gasteiger partial charge in [-0.15, -0.1) is 0 Å². The first-order valence-electron chi connectivity index (χ1n) is 7.34. The highest BCUT2D eigenvalue weighted by Crippen LogP contribution is 2.32. The van der Waals surface area contributed by atoms with Crippen molar-refractivity contribution in [2.75, 3.05) is 19.8 Å². The molecule has 0 aliphatic carbocycles. The Bertz CT molecular complexity index is 551. The summed E-state index contributed by atoms with van der Waals surface area (Å²) in [6.07, 6.45) is 2.07. The smallest absolute Gasteiger partial charge is 0.331 e. The van der Waals surface area contributed by atoms with E-state index in [1.54, 1.807) is 4.90 Å². The van der Waals surface area contributed by atoms with Crippen LogP contribution in [0.3, 0.4) is 0 Å². The molecule has 2 aliphatic rings. The third-order valence-electron chi connectivity index (χ3n) is 4.35. The SMILES string of the molecule is O=C(O)C1c2ccccc2CC(=O)N1CC1CCOCC1. The zero-order valence-electron chi connectivity index (χ0n) is 11.8. The van der Waals surface area contributed by atoms with E-state index in [1.807, 2.05) is 24.3 Å². The number of carbonyl (C=O) groups excluding carboxylic acids is 1. The lowest BCUT2D eigenvalue weighted by atomic mass is 9.90. The number of amides is 1. The van der Waals surface area contributed by atoms with E-state index in [4.69, 9.17) is 4.74 Å². The maximum Gasteiger partial charge on any atom is 0.331 e. The van der Waals surface area contributed by atoms with Crippen LogP contribution in [0.4, 0.5) is 0 Å². The van der Waals surface area contributed by atoms with Crippen LogP contribution < -0.4 is 0 Å². The van der Waals surface area contributed by atoms with Gasteiger partial charge in [0.25, 0.3) is 0 Å². The van der Waals surface area contributed by atoms with Crippen molar-refractivity contribution in [1.29, 1.82) is 0 Å². The Morgan fingerprint density at radius 1 is 1.29 bits per heavy atom. The summed E-state index contributed by atoms with van der Waals surface area (Å²) in [5.41, 5.74) is 1.58. The van der Waals surface area contributed by atoms with E-state index in [2.05, 4.69) is 0 Å². The Labute approximate surface area is 123 Å². The fourth-order valence-electron chi connectivity index (χ4n) is 3.22. The van der Waals surface area contributed by atoms with Gasteiger partial charge in [0.05, 0.1) is 6.42 Å². The van der Waals surface area contributed by atoms with E-state index >= 15 is 0 Å². The molecule has 0 radical (unpaired) electrons. The number of rotatable bonds is 3. The first kappa shape index (κ1) is 14.1. The maximum absolute atomic E-state index is 12.4. The van der Waals surface area contributed by atoms with Gasteiger partial charge >= 0.3 is 5.97 Å². The largest absolute Gasteiger partial charge is 0.479 e. The van der Waals surface area contributed by atoms with Gasteiger partial charge in [-0.3, -0.25) is 4.79 Å². The quantitative estimate of drug-likeness (QED) is 0.918. The molecule has 112 valence electrons. The van der Waals surface area contributed by atoms with Gasteiger partial charge in [0.15, 0.2) is 6.04 Å². The van der Waals surface area contributed by atoms with E-state index in [0.717, 1.165) is 24.0 Å². The molecule has 0 saturated carbocycles. The molecule has 1 aromatic carbocycles. The molecule has 1 amide bonds. The molecule has 21 heavy (non-hydrogen) atoms. The van der Waals surface area contributed by atoms with E-state index in [1.165, 1.54) is 0 Å². The summed E-state index contributed by atoms with van der Waals surface area (Å²) in [4.78, 5) is 25.6. The number of benzene rings is 1. The highest BCUT2D eigenvalue weighted by Gasteiger charge is 2.38. The zero-order chi connectivity index (χ0) is 14.8. The highest BCUT2D eigenvalue weighted by molar-refractivity contribution is 5.89. The number of carboxylic acids is 1. The van der Waals surface area contributed by atoms with Crippen LogP contribution in [0, 0.1) is 5.92 Å². The van der Waals surface area contributed by atoms with Crippen molar-refractivity contribution in [3.8, 4) is 0 Å². The van der Waals surface area contributed by atoms with Crippen molar-refractivity contribution >= 4 is 11.9 Å². The van der Waals surface area contributed by atoms with Crippen LogP contribution in [-0.4, -0.2) is 41.6 Å². The Hall–Kier alpha value is -1.88. The number of carbonyl (C=O) groups is 2. The van der Waals surface area contributed by atoms with Crippen molar-refractivity contribution in [2.24, 2.45) is 5.92 Å². The molecular formula is C16H19NO4. The molecule has 5 nitrogen and oxygen atoms in total. The first-order valence-corrected chi connectivity index (χ1v) is 7.34. The van der Waals surface area contributed by atoms with Crippen molar-refractivity contribution in [2.45, 2.75) is 25.3 Å². The zero-order valence-corrected chi connectivity index (χ0v) is 11.8. The standard InChI is InChI=1S/C16H19NO4/c18-14-9-12-3-1-2-4-13(12)15(16(19)20)17(14)10-11-5-7-21-8-6-11/h1-4,11,15H,5-10H2,(H,19,20). The Balaban J connectivity index is 1.87. The minimum atomic E-state index is -0.956. The highest BCUT2D eigenvalue weighted by atomic mass is 16.5. The van der Waals surface area contributed by atoms with Gasteiger partial charge < -0.3 is 14.7 Å². The average molecular weight is 289 g/mol. The molecule has 0 spiro atoms. The van der Waals surface area contributed by atoms with E-state index in [9.17, 15) is 14.7 Å². The van der Waals surface area contributed by atoms with Crippen molar-refractivity contribution < 1.29 is 19.4 Å². The molecular weight excluding hydrogens is 270 g/mol. The lowest BCUT2D eigenvalue weighted by molar-refractivity contribution is -0.152. The maximum atomic E-state index is 12.4. The molecule has 2 aliphatic heterocycles. The summed E-state index contributed by atoms with van der Waals surface area (Å²) < 4.78 is 5.33. The van der Waals surface area contributed by atoms with Crippen LogP contribution in [0.5, 0.6) is 0 Å². The molecule has 5 heteroatoms. The number of fused-ring (bicyclic) bond motifs is 1. The summed E-state index contributed by atoms with van der Waals surface area (Å²) in [7, 11) is 0. The Morgan fingerprint density at radius 3 is 2.71 bits per heavy atom. The van der Waals surface area contributed by atoms with Crippen LogP contribution in [0.15, 0.2) is 24.3 Å². The topological polar surface area (TPSA) is 66.8 Å². The molecule has 1 saturated heterocycles. The summed E-state index contributed by atoms with van der Waals surface area (Å²) in [5.74, 6) is -0.718. The van der Waals surface area contributed by atoms with Gasteiger partial charge in [0, 0.05) is 19.8 Å². The fraction of sp³-hybridized carbons (Fsp3) is 0.500. The summed E-state index contributed by atoms with van der Waals surface area (Å²) in [5, 5.41) is 9.58. The molecule has 1 aromatic rings. The molecule has 0 bridgehead atoms. The number of hydrogen-bond acceptors (Lipinski definition) is 3. The van der Waals surface area contributed by atoms with E-state index in [-0.39, 0.29) is 5.91 Å². The first-order chi connectivity index (χ1) is 10.2. The van der Waals surface area contributed by atoms with Crippen LogP contribution in [0.1, 0.15) is 30.0 Å². The average Bonchev–Trinajstić information content (AvgIpc) is 2.48. The monoisotopic (exact) mass is 289 g/mol. The number of aliphatic carboxylic acids is 1. The second-order valence-electron chi connectivity index (χ2n) is 5.72. The second-order valence-corrected chi connectivity index (χ2v) is 5.72. The third-order valence-corrected chi connectivity index (χ3v) is 4.35.